The quantitative estimate of drug-likeness (QED) is 0.865. The summed E-state index contributed by atoms with van der Waals surface area (Å²) in [6.45, 7) is 1.91. The minimum atomic E-state index is -4.71. The van der Waals surface area contributed by atoms with Crippen LogP contribution in [0.25, 0.3) is 0 Å². The second-order valence-electron chi connectivity index (χ2n) is 4.03. The van der Waals surface area contributed by atoms with Crippen LogP contribution in [0.2, 0.25) is 0 Å². The highest BCUT2D eigenvalue weighted by molar-refractivity contribution is 5.36. The number of rotatable bonds is 6. The molecule has 1 N–H and O–H groups in total. The average molecular weight is 277 g/mol. The lowest BCUT2D eigenvalue weighted by Gasteiger charge is -2.27. The van der Waals surface area contributed by atoms with E-state index in [4.69, 9.17) is 4.74 Å². The molecule has 0 fully saturated rings. The van der Waals surface area contributed by atoms with Crippen molar-refractivity contribution in [3.05, 3.63) is 29.8 Å². The summed E-state index contributed by atoms with van der Waals surface area (Å²) in [6.07, 6.45) is -4.27. The van der Waals surface area contributed by atoms with Crippen LogP contribution >= 0.6 is 0 Å². The van der Waals surface area contributed by atoms with Gasteiger partial charge in [0.05, 0.1) is 12.1 Å². The van der Waals surface area contributed by atoms with Crippen molar-refractivity contribution in [2.45, 2.75) is 31.9 Å². The molecule has 6 heteroatoms. The van der Waals surface area contributed by atoms with E-state index in [0.717, 1.165) is 0 Å². The normalized spacial score (nSPS) is 15.1. The smallest absolute Gasteiger partial charge is 0.405 e. The van der Waals surface area contributed by atoms with Gasteiger partial charge >= 0.3 is 6.36 Å². The van der Waals surface area contributed by atoms with Crippen molar-refractivity contribution in [3.63, 3.8) is 0 Å². The number of nitrogens with one attached hydrogen (secondary N) is 1. The summed E-state index contributed by atoms with van der Waals surface area (Å²) in [5.74, 6) is -0.204. The van der Waals surface area contributed by atoms with Crippen molar-refractivity contribution in [3.8, 4) is 5.75 Å². The lowest BCUT2D eigenvalue weighted by Crippen LogP contribution is -2.31. The van der Waals surface area contributed by atoms with E-state index in [9.17, 15) is 13.2 Å². The summed E-state index contributed by atoms with van der Waals surface area (Å²) < 4.78 is 46.5. The van der Waals surface area contributed by atoms with Gasteiger partial charge in [0.25, 0.3) is 0 Å². The van der Waals surface area contributed by atoms with E-state index in [-0.39, 0.29) is 17.9 Å². The fraction of sp³-hybridized carbons (Fsp3) is 0.538. The first-order valence-corrected chi connectivity index (χ1v) is 5.97. The SMILES string of the molecule is CCC(OC)C(NC)c1ccccc1OC(F)(F)F. The molecular weight excluding hydrogens is 259 g/mol. The number of likely N-dealkylation sites (N-methyl/N-ethyl adjacent to an activating group) is 1. The van der Waals surface area contributed by atoms with Crippen molar-refractivity contribution in [2.75, 3.05) is 14.2 Å². The predicted molar refractivity (Wildman–Crippen MR) is 66.0 cm³/mol. The fourth-order valence-corrected chi connectivity index (χ4v) is 2.04. The number of ether oxygens (including phenoxy) is 2. The van der Waals surface area contributed by atoms with Crippen molar-refractivity contribution >= 4 is 0 Å². The number of methoxy groups -OCH3 is 1. The summed E-state index contributed by atoms with van der Waals surface area (Å²) >= 11 is 0. The average Bonchev–Trinajstić information content (AvgIpc) is 2.35. The van der Waals surface area contributed by atoms with Gasteiger partial charge in [-0.15, -0.1) is 13.2 Å². The van der Waals surface area contributed by atoms with Gasteiger partial charge in [-0.3, -0.25) is 0 Å². The monoisotopic (exact) mass is 277 g/mol. The lowest BCUT2D eigenvalue weighted by molar-refractivity contribution is -0.275. The first-order valence-electron chi connectivity index (χ1n) is 5.97. The molecule has 0 saturated heterocycles. The zero-order valence-corrected chi connectivity index (χ0v) is 11.1. The van der Waals surface area contributed by atoms with Crippen LogP contribution < -0.4 is 10.1 Å². The molecule has 0 aliphatic carbocycles. The first kappa shape index (κ1) is 15.8. The van der Waals surface area contributed by atoms with Crippen molar-refractivity contribution in [2.24, 2.45) is 0 Å². The number of halogens is 3. The van der Waals surface area contributed by atoms with Gasteiger partial charge in [-0.25, -0.2) is 0 Å². The largest absolute Gasteiger partial charge is 0.573 e. The summed E-state index contributed by atoms with van der Waals surface area (Å²) in [5, 5.41) is 2.97. The van der Waals surface area contributed by atoms with E-state index in [1.54, 1.807) is 19.2 Å². The Labute approximate surface area is 110 Å². The molecule has 19 heavy (non-hydrogen) atoms. The molecule has 0 aliphatic heterocycles. The summed E-state index contributed by atoms with van der Waals surface area (Å²) in [4.78, 5) is 0. The molecule has 0 amide bonds. The third kappa shape index (κ3) is 4.40. The Bertz CT molecular complexity index is 392. The van der Waals surface area contributed by atoms with E-state index in [2.05, 4.69) is 10.1 Å². The molecule has 0 radical (unpaired) electrons. The third-order valence-corrected chi connectivity index (χ3v) is 2.87. The molecule has 3 nitrogen and oxygen atoms in total. The Morgan fingerprint density at radius 1 is 1.26 bits per heavy atom. The molecule has 0 spiro atoms. The van der Waals surface area contributed by atoms with Gasteiger partial charge in [-0.2, -0.15) is 0 Å². The van der Waals surface area contributed by atoms with Crippen LogP contribution in [0.3, 0.4) is 0 Å². The molecule has 108 valence electrons. The van der Waals surface area contributed by atoms with Crippen molar-refractivity contribution in [1.82, 2.24) is 5.32 Å². The molecule has 1 aromatic rings. The van der Waals surface area contributed by atoms with E-state index < -0.39 is 6.36 Å². The molecule has 2 atom stereocenters. The maximum atomic E-state index is 12.4. The van der Waals surface area contributed by atoms with Crippen LogP contribution in [-0.2, 0) is 4.74 Å². The van der Waals surface area contributed by atoms with E-state index >= 15 is 0 Å². The maximum Gasteiger partial charge on any atom is 0.573 e. The molecule has 0 heterocycles. The van der Waals surface area contributed by atoms with Gasteiger partial charge in [0.2, 0.25) is 0 Å². The van der Waals surface area contributed by atoms with Crippen LogP contribution in [-0.4, -0.2) is 26.6 Å². The zero-order chi connectivity index (χ0) is 14.5. The van der Waals surface area contributed by atoms with Gasteiger partial charge in [-0.05, 0) is 19.5 Å². The molecule has 0 aromatic heterocycles. The maximum absolute atomic E-state index is 12.4. The van der Waals surface area contributed by atoms with Crippen LogP contribution in [0.5, 0.6) is 5.75 Å². The highest BCUT2D eigenvalue weighted by atomic mass is 19.4. The highest BCUT2D eigenvalue weighted by Gasteiger charge is 2.33. The number of hydrogen-bond donors (Lipinski definition) is 1. The van der Waals surface area contributed by atoms with Gasteiger partial charge < -0.3 is 14.8 Å². The molecule has 0 bridgehead atoms. The van der Waals surface area contributed by atoms with E-state index in [0.29, 0.717) is 12.0 Å². The second kappa shape index (κ2) is 6.77. The van der Waals surface area contributed by atoms with Crippen LogP contribution in [0, 0.1) is 0 Å². The Morgan fingerprint density at radius 2 is 1.89 bits per heavy atom. The van der Waals surface area contributed by atoms with Crippen LogP contribution in [0.1, 0.15) is 24.9 Å². The summed E-state index contributed by atoms with van der Waals surface area (Å²) in [7, 11) is 3.21. The standard InChI is InChI=1S/C13H18F3NO2/c1-4-10(18-3)12(17-2)9-7-5-6-8-11(9)19-13(14,15)16/h5-8,10,12,17H,4H2,1-3H3. The Hall–Kier alpha value is -1.27. The van der Waals surface area contributed by atoms with Crippen LogP contribution in [0.4, 0.5) is 13.2 Å². The molecule has 0 aliphatic rings. The van der Waals surface area contributed by atoms with E-state index in [1.165, 1.54) is 19.2 Å². The Kier molecular flexibility index (Phi) is 5.62. The number of benzene rings is 1. The second-order valence-corrected chi connectivity index (χ2v) is 4.03. The Balaban J connectivity index is 3.09. The van der Waals surface area contributed by atoms with Gasteiger partial charge in [0, 0.05) is 12.7 Å². The molecule has 0 saturated carbocycles. The number of alkyl halides is 3. The third-order valence-electron chi connectivity index (χ3n) is 2.87. The van der Waals surface area contributed by atoms with Crippen molar-refractivity contribution in [1.29, 1.82) is 0 Å². The summed E-state index contributed by atoms with van der Waals surface area (Å²) in [5.41, 5.74) is 0.427. The first-order chi connectivity index (χ1) is 8.92. The molecule has 1 aromatic carbocycles. The van der Waals surface area contributed by atoms with Crippen LogP contribution in [0.15, 0.2) is 24.3 Å². The molecular formula is C13H18F3NO2. The van der Waals surface area contributed by atoms with Crippen molar-refractivity contribution < 1.29 is 22.6 Å². The topological polar surface area (TPSA) is 30.5 Å². The Morgan fingerprint density at radius 3 is 2.37 bits per heavy atom. The molecule has 2 unspecified atom stereocenters. The lowest BCUT2D eigenvalue weighted by atomic mass is 9.99. The minimum absolute atomic E-state index is 0.204. The number of para-hydroxylation sites is 1. The summed E-state index contributed by atoms with van der Waals surface area (Å²) in [6, 6.07) is 5.71. The van der Waals surface area contributed by atoms with Gasteiger partial charge in [-0.1, -0.05) is 25.1 Å². The zero-order valence-electron chi connectivity index (χ0n) is 11.1. The number of hydrogen-bond acceptors (Lipinski definition) is 3. The predicted octanol–water partition coefficient (Wildman–Crippen LogP) is 3.27. The minimum Gasteiger partial charge on any atom is -0.405 e. The van der Waals surface area contributed by atoms with E-state index in [1.807, 2.05) is 6.92 Å². The van der Waals surface area contributed by atoms with Gasteiger partial charge in [0.1, 0.15) is 5.75 Å². The van der Waals surface area contributed by atoms with Gasteiger partial charge in [0.15, 0.2) is 0 Å². The molecule has 1 rings (SSSR count). The fourth-order valence-electron chi connectivity index (χ4n) is 2.04. The highest BCUT2D eigenvalue weighted by Crippen LogP contribution is 2.32.